The van der Waals surface area contributed by atoms with Gasteiger partial charge in [-0.15, -0.1) is 0 Å². The first-order valence-corrected chi connectivity index (χ1v) is 11.4. The van der Waals surface area contributed by atoms with Gasteiger partial charge < -0.3 is 20.5 Å². The van der Waals surface area contributed by atoms with E-state index in [0.717, 1.165) is 28.3 Å². The van der Waals surface area contributed by atoms with Gasteiger partial charge in [-0.05, 0) is 52.4 Å². The summed E-state index contributed by atoms with van der Waals surface area (Å²) < 4.78 is 5.55. The average molecular weight is 471 g/mol. The van der Waals surface area contributed by atoms with Crippen molar-refractivity contribution < 1.29 is 24.2 Å². The SMILES string of the molecule is CCC(NC(=O)OCC1c2ccccc2-c2ccccc21)C(=O)Nc1cccc(/C=C/C(=O)O)c1. The number of amides is 2. The van der Waals surface area contributed by atoms with E-state index in [9.17, 15) is 14.4 Å². The molecule has 0 heterocycles. The summed E-state index contributed by atoms with van der Waals surface area (Å²) in [6, 6.07) is 22.1. The van der Waals surface area contributed by atoms with Gasteiger partial charge in [0.05, 0.1) is 0 Å². The largest absolute Gasteiger partial charge is 0.478 e. The Morgan fingerprint density at radius 2 is 1.63 bits per heavy atom. The van der Waals surface area contributed by atoms with Gasteiger partial charge in [0.15, 0.2) is 0 Å². The molecule has 178 valence electrons. The molecule has 1 aliphatic rings. The fourth-order valence-corrected chi connectivity index (χ4v) is 4.25. The molecule has 0 fully saturated rings. The Kier molecular flexibility index (Phi) is 7.26. The smallest absolute Gasteiger partial charge is 0.407 e. The third kappa shape index (κ3) is 5.58. The molecule has 1 unspecified atom stereocenters. The maximum atomic E-state index is 12.8. The van der Waals surface area contributed by atoms with Crippen LogP contribution in [0.4, 0.5) is 10.5 Å². The second-order valence-corrected chi connectivity index (χ2v) is 8.22. The number of rotatable bonds is 8. The second kappa shape index (κ2) is 10.7. The third-order valence-corrected chi connectivity index (χ3v) is 5.93. The lowest BCUT2D eigenvalue weighted by molar-refractivity contribution is -0.131. The van der Waals surface area contributed by atoms with Crippen LogP contribution in [0.2, 0.25) is 0 Å². The molecule has 7 heteroatoms. The molecular weight excluding hydrogens is 444 g/mol. The van der Waals surface area contributed by atoms with Gasteiger partial charge in [-0.2, -0.15) is 0 Å². The molecule has 0 saturated carbocycles. The first-order chi connectivity index (χ1) is 17.0. The van der Waals surface area contributed by atoms with Crippen LogP contribution >= 0.6 is 0 Å². The highest BCUT2D eigenvalue weighted by Crippen LogP contribution is 2.44. The van der Waals surface area contributed by atoms with E-state index in [1.807, 2.05) is 36.4 Å². The highest BCUT2D eigenvalue weighted by molar-refractivity contribution is 5.97. The number of fused-ring (bicyclic) bond motifs is 3. The number of hydrogen-bond donors (Lipinski definition) is 3. The third-order valence-electron chi connectivity index (χ3n) is 5.93. The lowest BCUT2D eigenvalue weighted by atomic mass is 9.98. The number of carboxylic acid groups (broad SMARTS) is 1. The summed E-state index contributed by atoms with van der Waals surface area (Å²) in [6.45, 7) is 1.95. The summed E-state index contributed by atoms with van der Waals surface area (Å²) in [5.41, 5.74) is 5.64. The number of ether oxygens (including phenoxy) is 1. The van der Waals surface area contributed by atoms with E-state index in [4.69, 9.17) is 9.84 Å². The van der Waals surface area contributed by atoms with Gasteiger partial charge in [-0.1, -0.05) is 67.6 Å². The van der Waals surface area contributed by atoms with Crippen LogP contribution in [0.15, 0.2) is 78.9 Å². The van der Waals surface area contributed by atoms with Gasteiger partial charge in [0, 0.05) is 17.7 Å². The molecular formula is C28H26N2O5. The number of anilines is 1. The maximum Gasteiger partial charge on any atom is 0.407 e. The lowest BCUT2D eigenvalue weighted by Gasteiger charge is -2.19. The number of carbonyl (C=O) groups is 3. The predicted molar refractivity (Wildman–Crippen MR) is 134 cm³/mol. The molecule has 0 aliphatic heterocycles. The second-order valence-electron chi connectivity index (χ2n) is 8.22. The van der Waals surface area contributed by atoms with E-state index in [-0.39, 0.29) is 18.4 Å². The van der Waals surface area contributed by atoms with Crippen molar-refractivity contribution in [2.45, 2.75) is 25.3 Å². The fraction of sp³-hybridized carbons (Fsp3) is 0.179. The van der Waals surface area contributed by atoms with Crippen molar-refractivity contribution in [3.8, 4) is 11.1 Å². The molecule has 1 aliphatic carbocycles. The fourth-order valence-electron chi connectivity index (χ4n) is 4.25. The minimum Gasteiger partial charge on any atom is -0.478 e. The molecule has 7 nitrogen and oxygen atoms in total. The van der Waals surface area contributed by atoms with Gasteiger partial charge in [0.1, 0.15) is 12.6 Å². The first kappa shape index (κ1) is 23.8. The van der Waals surface area contributed by atoms with E-state index in [0.29, 0.717) is 17.7 Å². The number of carboxylic acids is 1. The van der Waals surface area contributed by atoms with Gasteiger partial charge in [-0.3, -0.25) is 4.79 Å². The highest BCUT2D eigenvalue weighted by Gasteiger charge is 2.29. The Labute approximate surface area is 203 Å². The van der Waals surface area contributed by atoms with Crippen LogP contribution in [0, 0.1) is 0 Å². The Hall–Kier alpha value is -4.39. The quantitative estimate of drug-likeness (QED) is 0.400. The maximum absolute atomic E-state index is 12.8. The molecule has 4 rings (SSSR count). The van der Waals surface area contributed by atoms with Crippen LogP contribution in [0.1, 0.15) is 36.0 Å². The molecule has 3 aromatic carbocycles. The van der Waals surface area contributed by atoms with Crippen LogP contribution in [-0.2, 0) is 14.3 Å². The number of nitrogens with one attached hydrogen (secondary N) is 2. The average Bonchev–Trinajstić information content (AvgIpc) is 3.18. The number of benzene rings is 3. The van der Waals surface area contributed by atoms with Crippen molar-refractivity contribution >= 4 is 29.7 Å². The van der Waals surface area contributed by atoms with E-state index in [2.05, 4.69) is 22.8 Å². The zero-order valence-corrected chi connectivity index (χ0v) is 19.2. The minimum absolute atomic E-state index is 0.0661. The lowest BCUT2D eigenvalue weighted by Crippen LogP contribution is -2.43. The Morgan fingerprint density at radius 3 is 2.26 bits per heavy atom. The molecule has 1 atom stereocenters. The molecule has 35 heavy (non-hydrogen) atoms. The summed E-state index contributed by atoms with van der Waals surface area (Å²) in [6.07, 6.45) is 2.17. The Morgan fingerprint density at radius 1 is 0.971 bits per heavy atom. The van der Waals surface area contributed by atoms with Crippen molar-refractivity contribution in [2.24, 2.45) is 0 Å². The van der Waals surface area contributed by atoms with Crippen LogP contribution in [0.5, 0.6) is 0 Å². The summed E-state index contributed by atoms with van der Waals surface area (Å²) in [5.74, 6) is -1.51. The molecule has 0 bridgehead atoms. The Balaban J connectivity index is 1.37. The topological polar surface area (TPSA) is 105 Å². The molecule has 3 aromatic rings. The van der Waals surface area contributed by atoms with Crippen molar-refractivity contribution in [2.75, 3.05) is 11.9 Å². The molecule has 0 spiro atoms. The van der Waals surface area contributed by atoms with Crippen molar-refractivity contribution in [1.29, 1.82) is 0 Å². The molecule has 2 amide bonds. The molecule has 0 saturated heterocycles. The minimum atomic E-state index is -1.06. The van der Waals surface area contributed by atoms with Crippen molar-refractivity contribution in [3.63, 3.8) is 0 Å². The standard InChI is InChI=1S/C28H26N2O5/c1-2-25(27(33)29-19-9-7-8-18(16-19)14-15-26(31)32)30-28(34)35-17-24-22-12-5-3-10-20(22)21-11-4-6-13-23(21)24/h3-16,24-25H,2,17H2,1H3,(H,29,33)(H,30,34)(H,31,32)/b15-14+. The van der Waals surface area contributed by atoms with Gasteiger partial charge in [-0.25, -0.2) is 9.59 Å². The van der Waals surface area contributed by atoms with Crippen molar-refractivity contribution in [1.82, 2.24) is 5.32 Å². The first-order valence-electron chi connectivity index (χ1n) is 11.4. The summed E-state index contributed by atoms with van der Waals surface area (Å²) in [4.78, 5) is 36.0. The molecule has 3 N–H and O–H groups in total. The number of hydrogen-bond acceptors (Lipinski definition) is 4. The van der Waals surface area contributed by atoms with Gasteiger partial charge in [0.2, 0.25) is 5.91 Å². The number of alkyl carbamates (subject to hydrolysis) is 1. The van der Waals surface area contributed by atoms with Crippen LogP contribution in [0.25, 0.3) is 17.2 Å². The van der Waals surface area contributed by atoms with E-state index in [1.165, 1.54) is 6.08 Å². The normalized spacial score (nSPS) is 13.1. The molecule has 0 aromatic heterocycles. The van der Waals surface area contributed by atoms with E-state index < -0.39 is 18.1 Å². The number of carbonyl (C=O) groups excluding carboxylic acids is 2. The van der Waals surface area contributed by atoms with Crippen LogP contribution in [0.3, 0.4) is 0 Å². The zero-order chi connectivity index (χ0) is 24.8. The molecule has 0 radical (unpaired) electrons. The number of aliphatic carboxylic acids is 1. The predicted octanol–water partition coefficient (Wildman–Crippen LogP) is 5.04. The zero-order valence-electron chi connectivity index (χ0n) is 19.2. The van der Waals surface area contributed by atoms with E-state index in [1.54, 1.807) is 31.2 Å². The van der Waals surface area contributed by atoms with Crippen LogP contribution in [-0.4, -0.2) is 35.7 Å². The van der Waals surface area contributed by atoms with Crippen LogP contribution < -0.4 is 10.6 Å². The van der Waals surface area contributed by atoms with Crippen molar-refractivity contribution in [3.05, 3.63) is 95.6 Å². The van der Waals surface area contributed by atoms with Gasteiger partial charge in [0.25, 0.3) is 0 Å². The summed E-state index contributed by atoms with van der Waals surface area (Å²) >= 11 is 0. The summed E-state index contributed by atoms with van der Waals surface area (Å²) in [5, 5.41) is 14.2. The van der Waals surface area contributed by atoms with Gasteiger partial charge >= 0.3 is 12.1 Å². The Bertz CT molecular complexity index is 1240. The van der Waals surface area contributed by atoms with E-state index >= 15 is 0 Å². The summed E-state index contributed by atoms with van der Waals surface area (Å²) in [7, 11) is 0. The monoisotopic (exact) mass is 470 g/mol. The highest BCUT2D eigenvalue weighted by atomic mass is 16.5.